The Morgan fingerprint density at radius 2 is 2.10 bits per heavy atom. The molecule has 1 heterocycles. The number of methoxy groups -OCH3 is 1. The highest BCUT2D eigenvalue weighted by Crippen LogP contribution is 2.26. The van der Waals surface area contributed by atoms with Gasteiger partial charge in [-0.05, 0) is 24.3 Å². The van der Waals surface area contributed by atoms with Crippen molar-refractivity contribution >= 4 is 11.6 Å². The van der Waals surface area contributed by atoms with Crippen molar-refractivity contribution in [3.8, 4) is 5.75 Å². The Morgan fingerprint density at radius 3 is 2.80 bits per heavy atom. The fraction of sp³-hybridized carbons (Fsp3) is 0.267. The van der Waals surface area contributed by atoms with Crippen molar-refractivity contribution in [1.82, 2.24) is 5.32 Å². The summed E-state index contributed by atoms with van der Waals surface area (Å²) in [4.78, 5) is 13.7. The lowest BCUT2D eigenvalue weighted by Crippen LogP contribution is -2.34. The Kier molecular flexibility index (Phi) is 4.65. The number of benzene rings is 1. The van der Waals surface area contributed by atoms with E-state index in [-0.39, 0.29) is 12.5 Å². The van der Waals surface area contributed by atoms with Gasteiger partial charge < -0.3 is 19.4 Å². The van der Waals surface area contributed by atoms with E-state index in [1.165, 1.54) is 0 Å². The monoisotopic (exact) mass is 274 g/mol. The molecular formula is C15H18N2O3. The number of hydrogen-bond donors (Lipinski definition) is 1. The highest BCUT2D eigenvalue weighted by atomic mass is 16.5. The maximum absolute atomic E-state index is 11.9. The summed E-state index contributed by atoms with van der Waals surface area (Å²) >= 11 is 0. The van der Waals surface area contributed by atoms with Crippen LogP contribution < -0.4 is 15.0 Å². The molecule has 0 bridgehead atoms. The van der Waals surface area contributed by atoms with Crippen LogP contribution in [0.2, 0.25) is 0 Å². The van der Waals surface area contributed by atoms with Gasteiger partial charge in [0, 0.05) is 7.05 Å². The summed E-state index contributed by atoms with van der Waals surface area (Å²) < 4.78 is 10.4. The number of rotatable bonds is 6. The van der Waals surface area contributed by atoms with Crippen molar-refractivity contribution in [1.29, 1.82) is 0 Å². The van der Waals surface area contributed by atoms with Crippen molar-refractivity contribution in [2.24, 2.45) is 0 Å². The van der Waals surface area contributed by atoms with Gasteiger partial charge in [-0.2, -0.15) is 0 Å². The van der Waals surface area contributed by atoms with Crippen molar-refractivity contribution < 1.29 is 13.9 Å². The lowest BCUT2D eigenvalue weighted by molar-refractivity contribution is -0.119. The molecule has 2 aromatic rings. The molecule has 0 aliphatic heterocycles. The normalized spacial score (nSPS) is 10.1. The van der Waals surface area contributed by atoms with E-state index < -0.39 is 0 Å². The molecule has 0 aliphatic carbocycles. The Hall–Kier alpha value is -2.43. The predicted octanol–water partition coefficient (Wildman–Crippen LogP) is 2.04. The first kappa shape index (κ1) is 14.0. The Balaban J connectivity index is 1.90. The number of carbonyl (C=O) groups excluding carboxylic acids is 1. The second kappa shape index (κ2) is 6.65. The molecule has 106 valence electrons. The average molecular weight is 274 g/mol. The molecule has 0 saturated carbocycles. The van der Waals surface area contributed by atoms with Gasteiger partial charge in [-0.3, -0.25) is 4.79 Å². The molecule has 1 aromatic heterocycles. The molecule has 20 heavy (non-hydrogen) atoms. The first-order valence-corrected chi connectivity index (χ1v) is 6.34. The number of ether oxygens (including phenoxy) is 1. The molecule has 1 N–H and O–H groups in total. The number of nitrogens with one attached hydrogen (secondary N) is 1. The van der Waals surface area contributed by atoms with Crippen LogP contribution in [0.5, 0.6) is 5.75 Å². The van der Waals surface area contributed by atoms with Gasteiger partial charge in [0.15, 0.2) is 0 Å². The first-order valence-electron chi connectivity index (χ1n) is 6.34. The minimum absolute atomic E-state index is 0.0743. The molecule has 0 saturated heterocycles. The fourth-order valence-electron chi connectivity index (χ4n) is 1.90. The number of anilines is 1. The Bertz CT molecular complexity index is 552. The van der Waals surface area contributed by atoms with Crippen molar-refractivity contribution in [2.75, 3.05) is 25.6 Å². The molecule has 5 nitrogen and oxygen atoms in total. The SMILES string of the molecule is COc1ccccc1N(C)CC(=O)NCc1ccco1. The minimum Gasteiger partial charge on any atom is -0.495 e. The largest absolute Gasteiger partial charge is 0.495 e. The lowest BCUT2D eigenvalue weighted by Gasteiger charge is -2.20. The van der Waals surface area contributed by atoms with Crippen LogP contribution in [0.25, 0.3) is 0 Å². The zero-order chi connectivity index (χ0) is 14.4. The van der Waals surface area contributed by atoms with Gasteiger partial charge >= 0.3 is 0 Å². The average Bonchev–Trinajstić information content (AvgIpc) is 2.98. The summed E-state index contributed by atoms with van der Waals surface area (Å²) in [5.74, 6) is 1.40. The van der Waals surface area contributed by atoms with Gasteiger partial charge in [0.05, 0.1) is 32.1 Å². The van der Waals surface area contributed by atoms with Gasteiger partial charge in [0.1, 0.15) is 11.5 Å². The molecule has 0 unspecified atom stereocenters. The topological polar surface area (TPSA) is 54.7 Å². The molecule has 5 heteroatoms. The third kappa shape index (κ3) is 3.54. The van der Waals surface area contributed by atoms with E-state index in [0.717, 1.165) is 17.2 Å². The van der Waals surface area contributed by atoms with Crippen molar-refractivity contribution in [2.45, 2.75) is 6.54 Å². The van der Waals surface area contributed by atoms with Gasteiger partial charge in [0.2, 0.25) is 5.91 Å². The summed E-state index contributed by atoms with van der Waals surface area (Å²) in [7, 11) is 3.47. The van der Waals surface area contributed by atoms with Crippen LogP contribution in [-0.4, -0.2) is 26.6 Å². The van der Waals surface area contributed by atoms with Crippen LogP contribution in [0.1, 0.15) is 5.76 Å². The van der Waals surface area contributed by atoms with Gasteiger partial charge in [0.25, 0.3) is 0 Å². The van der Waals surface area contributed by atoms with Crippen LogP contribution in [-0.2, 0) is 11.3 Å². The molecule has 2 rings (SSSR count). The summed E-state index contributed by atoms with van der Waals surface area (Å²) in [5.41, 5.74) is 0.878. The van der Waals surface area contributed by atoms with Crippen LogP contribution >= 0.6 is 0 Å². The standard InChI is InChI=1S/C15H18N2O3/c1-17(13-7-3-4-8-14(13)19-2)11-15(18)16-10-12-6-5-9-20-12/h3-9H,10-11H2,1-2H3,(H,16,18). The molecular weight excluding hydrogens is 256 g/mol. The number of hydrogen-bond acceptors (Lipinski definition) is 4. The quantitative estimate of drug-likeness (QED) is 0.876. The lowest BCUT2D eigenvalue weighted by atomic mass is 10.2. The maximum atomic E-state index is 11.9. The van der Waals surface area contributed by atoms with Crippen LogP contribution in [0, 0.1) is 0 Å². The first-order chi connectivity index (χ1) is 9.70. The number of nitrogens with zero attached hydrogens (tertiary/aromatic N) is 1. The van der Waals surface area contributed by atoms with E-state index in [0.29, 0.717) is 6.54 Å². The van der Waals surface area contributed by atoms with Gasteiger partial charge in [-0.1, -0.05) is 12.1 Å². The van der Waals surface area contributed by atoms with Crippen LogP contribution in [0.4, 0.5) is 5.69 Å². The van der Waals surface area contributed by atoms with E-state index in [2.05, 4.69) is 5.32 Å². The number of carbonyl (C=O) groups is 1. The van der Waals surface area contributed by atoms with E-state index in [4.69, 9.17) is 9.15 Å². The number of furan rings is 1. The van der Waals surface area contributed by atoms with E-state index >= 15 is 0 Å². The second-order valence-electron chi connectivity index (χ2n) is 4.38. The highest BCUT2D eigenvalue weighted by Gasteiger charge is 2.11. The zero-order valence-corrected chi connectivity index (χ0v) is 11.6. The summed E-state index contributed by atoms with van der Waals surface area (Å²) in [5, 5.41) is 2.81. The fourth-order valence-corrected chi connectivity index (χ4v) is 1.90. The van der Waals surface area contributed by atoms with E-state index in [9.17, 15) is 4.79 Å². The van der Waals surface area contributed by atoms with Crippen LogP contribution in [0.3, 0.4) is 0 Å². The van der Waals surface area contributed by atoms with E-state index in [1.807, 2.05) is 42.3 Å². The third-order valence-electron chi connectivity index (χ3n) is 2.92. The third-order valence-corrected chi connectivity index (χ3v) is 2.92. The highest BCUT2D eigenvalue weighted by molar-refractivity contribution is 5.81. The van der Waals surface area contributed by atoms with E-state index in [1.54, 1.807) is 19.4 Å². The van der Waals surface area contributed by atoms with Gasteiger partial charge in [-0.15, -0.1) is 0 Å². The number of amides is 1. The molecule has 0 spiro atoms. The van der Waals surface area contributed by atoms with Crippen molar-refractivity contribution in [3.63, 3.8) is 0 Å². The summed E-state index contributed by atoms with van der Waals surface area (Å²) in [6, 6.07) is 11.2. The Morgan fingerprint density at radius 1 is 1.30 bits per heavy atom. The number of likely N-dealkylation sites (N-methyl/N-ethyl adjacent to an activating group) is 1. The number of para-hydroxylation sites is 2. The van der Waals surface area contributed by atoms with Gasteiger partial charge in [-0.25, -0.2) is 0 Å². The maximum Gasteiger partial charge on any atom is 0.239 e. The molecule has 1 aromatic carbocycles. The molecule has 0 atom stereocenters. The second-order valence-corrected chi connectivity index (χ2v) is 4.38. The summed E-state index contributed by atoms with van der Waals surface area (Å²) in [6.07, 6.45) is 1.59. The minimum atomic E-state index is -0.0743. The smallest absolute Gasteiger partial charge is 0.239 e. The molecule has 0 aliphatic rings. The summed E-state index contributed by atoms with van der Waals surface area (Å²) in [6.45, 7) is 0.646. The Labute approximate surface area is 118 Å². The molecule has 0 radical (unpaired) electrons. The molecule has 0 fully saturated rings. The van der Waals surface area contributed by atoms with Crippen molar-refractivity contribution in [3.05, 3.63) is 48.4 Å². The molecule has 1 amide bonds. The predicted molar refractivity (Wildman–Crippen MR) is 76.8 cm³/mol. The van der Waals surface area contributed by atoms with Crippen LogP contribution in [0.15, 0.2) is 47.1 Å². The zero-order valence-electron chi connectivity index (χ0n) is 11.6.